The molecule has 0 saturated carbocycles. The third-order valence-corrected chi connectivity index (χ3v) is 4.80. The van der Waals surface area contributed by atoms with E-state index in [0.29, 0.717) is 19.5 Å². The zero-order chi connectivity index (χ0) is 17.6. The number of amides is 2. The van der Waals surface area contributed by atoms with E-state index in [1.807, 2.05) is 30.3 Å². The summed E-state index contributed by atoms with van der Waals surface area (Å²) in [5.41, 5.74) is 3.05. The van der Waals surface area contributed by atoms with Crippen LogP contribution in [0, 0.1) is 0 Å². The maximum atomic E-state index is 12.2. The molecule has 0 aliphatic rings. The topological polar surface area (TPSA) is 58.2 Å². The summed E-state index contributed by atoms with van der Waals surface area (Å²) >= 11 is 1.70. The molecule has 0 unspecified atom stereocenters. The van der Waals surface area contributed by atoms with Crippen molar-refractivity contribution in [1.29, 1.82) is 0 Å². The van der Waals surface area contributed by atoms with Crippen LogP contribution in [0.5, 0.6) is 0 Å². The van der Waals surface area contributed by atoms with Crippen molar-refractivity contribution >= 4 is 33.2 Å². The molecule has 5 heteroatoms. The number of carbonyl (C=O) groups excluding carboxylic acids is 2. The monoisotopic (exact) mass is 352 g/mol. The Labute approximate surface area is 150 Å². The summed E-state index contributed by atoms with van der Waals surface area (Å²) < 4.78 is 1.24. The van der Waals surface area contributed by atoms with Crippen LogP contribution in [0.1, 0.15) is 23.6 Å². The van der Waals surface area contributed by atoms with Crippen LogP contribution in [0.2, 0.25) is 0 Å². The Morgan fingerprint density at radius 1 is 0.920 bits per heavy atom. The first-order chi connectivity index (χ1) is 12.1. The number of carbonyl (C=O) groups is 2. The molecule has 0 spiro atoms. The Morgan fingerprint density at radius 2 is 1.68 bits per heavy atom. The minimum absolute atomic E-state index is 0.00171. The van der Waals surface area contributed by atoms with Crippen LogP contribution < -0.4 is 10.6 Å². The lowest BCUT2D eigenvalue weighted by atomic mass is 10.1. The molecule has 0 aliphatic carbocycles. The fraction of sp³-hybridized carbons (Fsp3) is 0.200. The van der Waals surface area contributed by atoms with E-state index in [4.69, 9.17) is 0 Å². The molecule has 0 bridgehead atoms. The molecule has 0 saturated heterocycles. The van der Waals surface area contributed by atoms with E-state index in [9.17, 15) is 9.59 Å². The van der Waals surface area contributed by atoms with Gasteiger partial charge in [-0.15, -0.1) is 11.3 Å². The van der Waals surface area contributed by atoms with Gasteiger partial charge in [-0.05, 0) is 45.7 Å². The second-order valence-corrected chi connectivity index (χ2v) is 6.92. The molecule has 3 aromatic rings. The molecule has 2 N–H and O–H groups in total. The molecule has 0 aliphatic heterocycles. The van der Waals surface area contributed by atoms with E-state index in [-0.39, 0.29) is 11.8 Å². The van der Waals surface area contributed by atoms with Crippen LogP contribution in [0.4, 0.5) is 0 Å². The summed E-state index contributed by atoms with van der Waals surface area (Å²) in [6.07, 6.45) is 0.372. The van der Waals surface area contributed by atoms with Gasteiger partial charge >= 0.3 is 0 Å². The minimum atomic E-state index is -0.0544. The van der Waals surface area contributed by atoms with Gasteiger partial charge in [-0.2, -0.15) is 0 Å². The number of fused-ring (bicyclic) bond motifs is 1. The third-order valence-electron chi connectivity index (χ3n) is 3.90. The SMILES string of the molecule is CC(=O)NCc1cccc(CNC(=O)Cc2ccc3sccc3c2)c1. The van der Waals surface area contributed by atoms with Crippen LogP contribution in [0.3, 0.4) is 0 Å². The zero-order valence-corrected chi connectivity index (χ0v) is 14.9. The first kappa shape index (κ1) is 17.2. The molecule has 128 valence electrons. The normalized spacial score (nSPS) is 10.6. The van der Waals surface area contributed by atoms with Crippen molar-refractivity contribution < 1.29 is 9.59 Å². The highest BCUT2D eigenvalue weighted by Crippen LogP contribution is 2.21. The predicted molar refractivity (Wildman–Crippen MR) is 101 cm³/mol. The van der Waals surface area contributed by atoms with Crippen molar-refractivity contribution in [2.75, 3.05) is 0 Å². The van der Waals surface area contributed by atoms with Crippen molar-refractivity contribution in [3.63, 3.8) is 0 Å². The standard InChI is InChI=1S/C20H20N2O2S/c1-14(23)21-12-16-3-2-4-17(9-16)13-22-20(24)11-15-5-6-19-18(10-15)7-8-25-19/h2-10H,11-13H2,1H3,(H,21,23)(H,22,24). The van der Waals surface area contributed by atoms with Gasteiger partial charge in [0.1, 0.15) is 0 Å². The predicted octanol–water partition coefficient (Wildman–Crippen LogP) is 3.40. The highest BCUT2D eigenvalue weighted by molar-refractivity contribution is 7.17. The molecule has 2 aromatic carbocycles. The van der Waals surface area contributed by atoms with Crippen LogP contribution >= 0.6 is 11.3 Å². The quantitative estimate of drug-likeness (QED) is 0.714. The number of hydrogen-bond donors (Lipinski definition) is 2. The molecule has 0 fully saturated rings. The van der Waals surface area contributed by atoms with Crippen molar-refractivity contribution in [3.05, 3.63) is 70.6 Å². The van der Waals surface area contributed by atoms with Gasteiger partial charge in [0.2, 0.25) is 11.8 Å². The number of thiophene rings is 1. The van der Waals surface area contributed by atoms with E-state index in [0.717, 1.165) is 16.7 Å². The fourth-order valence-electron chi connectivity index (χ4n) is 2.65. The maximum absolute atomic E-state index is 12.2. The molecule has 25 heavy (non-hydrogen) atoms. The summed E-state index contributed by atoms with van der Waals surface area (Å²) in [4.78, 5) is 23.2. The number of nitrogens with one attached hydrogen (secondary N) is 2. The fourth-order valence-corrected chi connectivity index (χ4v) is 3.42. The van der Waals surface area contributed by atoms with Crippen molar-refractivity contribution in [3.8, 4) is 0 Å². The Kier molecular flexibility index (Phi) is 5.46. The van der Waals surface area contributed by atoms with Gasteiger partial charge in [-0.1, -0.05) is 30.3 Å². The van der Waals surface area contributed by atoms with E-state index >= 15 is 0 Å². The van der Waals surface area contributed by atoms with Crippen LogP contribution in [-0.4, -0.2) is 11.8 Å². The average molecular weight is 352 g/mol. The molecule has 3 rings (SSSR count). The Balaban J connectivity index is 1.54. The van der Waals surface area contributed by atoms with Crippen LogP contribution in [-0.2, 0) is 29.1 Å². The minimum Gasteiger partial charge on any atom is -0.352 e. The lowest BCUT2D eigenvalue weighted by molar-refractivity contribution is -0.120. The maximum Gasteiger partial charge on any atom is 0.224 e. The van der Waals surface area contributed by atoms with Gasteiger partial charge in [0.25, 0.3) is 0 Å². The molecular weight excluding hydrogens is 332 g/mol. The Hall–Kier alpha value is -2.66. The van der Waals surface area contributed by atoms with Crippen LogP contribution in [0.25, 0.3) is 10.1 Å². The summed E-state index contributed by atoms with van der Waals surface area (Å²) in [5, 5.41) is 8.97. The van der Waals surface area contributed by atoms with Gasteiger partial charge in [-0.25, -0.2) is 0 Å². The third kappa shape index (κ3) is 4.90. The van der Waals surface area contributed by atoms with Crippen molar-refractivity contribution in [1.82, 2.24) is 10.6 Å². The summed E-state index contributed by atoms with van der Waals surface area (Å²) in [7, 11) is 0. The first-order valence-electron chi connectivity index (χ1n) is 8.15. The van der Waals surface area contributed by atoms with E-state index in [1.54, 1.807) is 11.3 Å². The lowest BCUT2D eigenvalue weighted by Crippen LogP contribution is -2.24. The average Bonchev–Trinajstić information content (AvgIpc) is 3.06. The largest absolute Gasteiger partial charge is 0.352 e. The van der Waals surface area contributed by atoms with Gasteiger partial charge in [0, 0.05) is 24.7 Å². The molecule has 0 atom stereocenters. The molecule has 0 radical (unpaired) electrons. The highest BCUT2D eigenvalue weighted by atomic mass is 32.1. The molecule has 2 amide bonds. The van der Waals surface area contributed by atoms with E-state index in [1.165, 1.54) is 17.0 Å². The second-order valence-electron chi connectivity index (χ2n) is 5.98. The summed E-state index contributed by atoms with van der Waals surface area (Å²) in [5.74, 6) is -0.0526. The Morgan fingerprint density at radius 3 is 2.44 bits per heavy atom. The number of hydrogen-bond acceptors (Lipinski definition) is 3. The zero-order valence-electron chi connectivity index (χ0n) is 14.0. The second kappa shape index (κ2) is 7.94. The summed E-state index contributed by atoms with van der Waals surface area (Å²) in [6, 6.07) is 16.1. The molecular formula is C20H20N2O2S. The first-order valence-corrected chi connectivity index (χ1v) is 9.03. The van der Waals surface area contributed by atoms with Gasteiger partial charge in [0.15, 0.2) is 0 Å². The number of rotatable bonds is 6. The molecule has 4 nitrogen and oxygen atoms in total. The van der Waals surface area contributed by atoms with E-state index < -0.39 is 0 Å². The van der Waals surface area contributed by atoms with E-state index in [2.05, 4.69) is 34.2 Å². The highest BCUT2D eigenvalue weighted by Gasteiger charge is 2.05. The van der Waals surface area contributed by atoms with Gasteiger partial charge in [0.05, 0.1) is 6.42 Å². The van der Waals surface area contributed by atoms with Crippen molar-refractivity contribution in [2.24, 2.45) is 0 Å². The lowest BCUT2D eigenvalue weighted by Gasteiger charge is -2.08. The summed E-state index contributed by atoms with van der Waals surface area (Å²) in [6.45, 7) is 2.47. The Bertz CT molecular complexity index is 901. The molecule has 1 heterocycles. The van der Waals surface area contributed by atoms with Gasteiger partial charge in [-0.3, -0.25) is 9.59 Å². The smallest absolute Gasteiger partial charge is 0.224 e. The van der Waals surface area contributed by atoms with Crippen molar-refractivity contribution in [2.45, 2.75) is 26.4 Å². The molecule has 1 aromatic heterocycles. The van der Waals surface area contributed by atoms with Gasteiger partial charge < -0.3 is 10.6 Å². The van der Waals surface area contributed by atoms with Crippen LogP contribution in [0.15, 0.2) is 53.9 Å². The number of benzene rings is 2.